The molecule has 27 heavy (non-hydrogen) atoms. The molecule has 0 bridgehead atoms. The maximum Gasteiger partial charge on any atom is 0.277 e. The number of thiocarbonyl (C=S) groups is 1. The Morgan fingerprint density at radius 3 is 2.85 bits per heavy atom. The number of fused-ring (bicyclic) bond motifs is 1. The van der Waals surface area contributed by atoms with Crippen molar-refractivity contribution in [2.45, 2.75) is 26.7 Å². The molecule has 1 aromatic carbocycles. The number of aryl methyl sites for hydroxylation is 2. The molecule has 0 saturated heterocycles. The van der Waals surface area contributed by atoms with E-state index in [4.69, 9.17) is 22.7 Å². The molecule has 3 rings (SSSR count). The van der Waals surface area contributed by atoms with Gasteiger partial charge in [0.1, 0.15) is 17.1 Å². The highest BCUT2D eigenvalue weighted by molar-refractivity contribution is 7.80. The highest BCUT2D eigenvalue weighted by atomic mass is 32.1. The second-order valence-electron chi connectivity index (χ2n) is 6.08. The van der Waals surface area contributed by atoms with Crippen LogP contribution in [-0.2, 0) is 13.5 Å². The Labute approximate surface area is 161 Å². The molecular formula is C18H22N6O2S. The molecule has 3 aromatic rings. The quantitative estimate of drug-likeness (QED) is 0.558. The van der Waals surface area contributed by atoms with Crippen molar-refractivity contribution < 1.29 is 4.74 Å². The van der Waals surface area contributed by atoms with Gasteiger partial charge in [-0.2, -0.15) is 5.10 Å². The van der Waals surface area contributed by atoms with Crippen LogP contribution in [-0.4, -0.2) is 31.5 Å². The number of hydrogen-bond donors (Lipinski definition) is 3. The van der Waals surface area contributed by atoms with Gasteiger partial charge < -0.3 is 20.8 Å². The molecule has 0 aliphatic carbocycles. The van der Waals surface area contributed by atoms with Crippen LogP contribution in [0.4, 0.5) is 5.69 Å². The lowest BCUT2D eigenvalue weighted by atomic mass is 10.1. The molecule has 142 valence electrons. The molecule has 0 saturated carbocycles. The van der Waals surface area contributed by atoms with Gasteiger partial charge in [0.25, 0.3) is 5.56 Å². The predicted molar refractivity (Wildman–Crippen MR) is 110 cm³/mol. The number of H-pyrrole nitrogens is 1. The molecular weight excluding hydrogens is 364 g/mol. The summed E-state index contributed by atoms with van der Waals surface area (Å²) in [6.45, 7) is 4.55. The minimum Gasteiger partial charge on any atom is -0.493 e. The first-order valence-corrected chi connectivity index (χ1v) is 9.15. The number of benzene rings is 1. The van der Waals surface area contributed by atoms with Gasteiger partial charge in [0.15, 0.2) is 10.6 Å². The standard InChI is InChI=1S/C18H22N6O2S/c1-4-8-26-13-7-6-10(20-18(19)27)9-11(13)16-21-14-12(5-2)23-24(3)15(14)17(25)22-16/h6-7,9H,4-5,8H2,1-3H3,(H3,19,20,27)(H,21,22,25). The van der Waals surface area contributed by atoms with Gasteiger partial charge in [-0.1, -0.05) is 13.8 Å². The lowest BCUT2D eigenvalue weighted by Crippen LogP contribution is -2.19. The first-order chi connectivity index (χ1) is 12.9. The van der Waals surface area contributed by atoms with Crippen LogP contribution in [0.15, 0.2) is 23.0 Å². The molecule has 0 aliphatic rings. The van der Waals surface area contributed by atoms with Gasteiger partial charge in [-0.3, -0.25) is 9.48 Å². The summed E-state index contributed by atoms with van der Waals surface area (Å²) in [6.07, 6.45) is 1.54. The van der Waals surface area contributed by atoms with Crippen molar-refractivity contribution in [3.8, 4) is 17.1 Å². The fourth-order valence-electron chi connectivity index (χ4n) is 2.89. The number of nitrogens with zero attached hydrogens (tertiary/aromatic N) is 3. The first-order valence-electron chi connectivity index (χ1n) is 8.74. The van der Waals surface area contributed by atoms with Crippen LogP contribution < -0.4 is 21.3 Å². The van der Waals surface area contributed by atoms with Crippen LogP contribution in [0.2, 0.25) is 0 Å². The number of nitrogens with one attached hydrogen (secondary N) is 2. The summed E-state index contributed by atoms with van der Waals surface area (Å²) >= 11 is 4.91. The second-order valence-corrected chi connectivity index (χ2v) is 6.52. The van der Waals surface area contributed by atoms with E-state index < -0.39 is 0 Å². The van der Waals surface area contributed by atoms with E-state index in [1.165, 1.54) is 0 Å². The molecule has 2 heterocycles. The Hall–Kier alpha value is -2.94. The molecule has 0 amide bonds. The van der Waals surface area contributed by atoms with Crippen LogP contribution >= 0.6 is 12.2 Å². The Kier molecular flexibility index (Phi) is 5.41. The summed E-state index contributed by atoms with van der Waals surface area (Å²) in [5.74, 6) is 1.03. The molecule has 0 fully saturated rings. The minimum absolute atomic E-state index is 0.153. The summed E-state index contributed by atoms with van der Waals surface area (Å²) in [7, 11) is 1.74. The minimum atomic E-state index is -0.251. The van der Waals surface area contributed by atoms with Gasteiger partial charge in [0, 0.05) is 12.7 Å². The largest absolute Gasteiger partial charge is 0.493 e. The third-order valence-electron chi connectivity index (χ3n) is 4.06. The van der Waals surface area contributed by atoms with E-state index in [1.807, 2.05) is 19.9 Å². The molecule has 2 aromatic heterocycles. The highest BCUT2D eigenvalue weighted by Gasteiger charge is 2.17. The number of rotatable bonds is 6. The van der Waals surface area contributed by atoms with E-state index in [0.717, 1.165) is 12.1 Å². The van der Waals surface area contributed by atoms with Gasteiger partial charge in [-0.15, -0.1) is 0 Å². The summed E-state index contributed by atoms with van der Waals surface area (Å²) in [6, 6.07) is 5.42. The normalized spacial score (nSPS) is 10.9. The fourth-order valence-corrected chi connectivity index (χ4v) is 3.00. The molecule has 9 heteroatoms. The van der Waals surface area contributed by atoms with Crippen molar-refractivity contribution in [2.24, 2.45) is 12.8 Å². The van der Waals surface area contributed by atoms with Crippen molar-refractivity contribution in [1.29, 1.82) is 0 Å². The van der Waals surface area contributed by atoms with Crippen LogP contribution in [0.25, 0.3) is 22.4 Å². The van der Waals surface area contributed by atoms with Crippen molar-refractivity contribution in [3.05, 3.63) is 34.2 Å². The van der Waals surface area contributed by atoms with Crippen LogP contribution in [0, 0.1) is 0 Å². The fraction of sp³-hybridized carbons (Fsp3) is 0.333. The summed E-state index contributed by atoms with van der Waals surface area (Å²) in [5, 5.41) is 7.44. The molecule has 8 nitrogen and oxygen atoms in total. The van der Waals surface area contributed by atoms with E-state index >= 15 is 0 Å². The second kappa shape index (κ2) is 7.75. The summed E-state index contributed by atoms with van der Waals surface area (Å²) in [4.78, 5) is 20.2. The summed E-state index contributed by atoms with van der Waals surface area (Å²) in [5.41, 5.74) is 8.47. The zero-order valence-electron chi connectivity index (χ0n) is 15.5. The third-order valence-corrected chi connectivity index (χ3v) is 4.16. The Balaban J connectivity index is 2.21. The van der Waals surface area contributed by atoms with Crippen LogP contribution in [0.3, 0.4) is 0 Å². The molecule has 0 spiro atoms. The van der Waals surface area contributed by atoms with E-state index in [0.29, 0.717) is 46.9 Å². The van der Waals surface area contributed by atoms with Gasteiger partial charge in [0.05, 0.1) is 17.9 Å². The average molecular weight is 386 g/mol. The molecule has 0 aliphatic heterocycles. The molecule has 0 unspecified atom stereocenters. The Bertz CT molecular complexity index is 1060. The lowest BCUT2D eigenvalue weighted by Gasteiger charge is -2.13. The molecule has 4 N–H and O–H groups in total. The predicted octanol–water partition coefficient (Wildman–Crippen LogP) is 2.33. The number of aromatic nitrogens is 4. The first kappa shape index (κ1) is 18.8. The number of aromatic amines is 1. The Morgan fingerprint density at radius 2 is 2.19 bits per heavy atom. The lowest BCUT2D eigenvalue weighted by molar-refractivity contribution is 0.318. The van der Waals surface area contributed by atoms with E-state index in [-0.39, 0.29) is 10.7 Å². The van der Waals surface area contributed by atoms with Crippen LogP contribution in [0.5, 0.6) is 5.75 Å². The van der Waals surface area contributed by atoms with Gasteiger partial charge in [0.2, 0.25) is 0 Å². The topological polar surface area (TPSA) is 111 Å². The van der Waals surface area contributed by atoms with Gasteiger partial charge in [-0.05, 0) is 43.3 Å². The zero-order chi connectivity index (χ0) is 19.6. The van der Waals surface area contributed by atoms with Crippen LogP contribution in [0.1, 0.15) is 26.0 Å². The maximum absolute atomic E-state index is 12.7. The zero-order valence-corrected chi connectivity index (χ0v) is 16.3. The van der Waals surface area contributed by atoms with Gasteiger partial charge >= 0.3 is 0 Å². The average Bonchev–Trinajstić information content (AvgIpc) is 2.96. The SMILES string of the molecule is CCCOc1ccc(NC(N)=S)cc1-c1nc2c(CC)nn(C)c2c(=O)[nH]1. The monoisotopic (exact) mass is 386 g/mol. The molecule has 0 atom stereocenters. The third kappa shape index (κ3) is 3.77. The smallest absolute Gasteiger partial charge is 0.277 e. The van der Waals surface area contributed by atoms with Crippen molar-refractivity contribution in [1.82, 2.24) is 19.7 Å². The number of hydrogen-bond acceptors (Lipinski definition) is 5. The number of ether oxygens (including phenoxy) is 1. The van der Waals surface area contributed by atoms with Gasteiger partial charge in [-0.25, -0.2) is 4.98 Å². The van der Waals surface area contributed by atoms with Crippen molar-refractivity contribution in [2.75, 3.05) is 11.9 Å². The Morgan fingerprint density at radius 1 is 1.41 bits per heavy atom. The maximum atomic E-state index is 12.7. The van der Waals surface area contributed by atoms with Crippen molar-refractivity contribution in [3.63, 3.8) is 0 Å². The van der Waals surface area contributed by atoms with Crippen molar-refractivity contribution >= 4 is 34.1 Å². The number of nitrogens with two attached hydrogens (primary N) is 1. The highest BCUT2D eigenvalue weighted by Crippen LogP contribution is 2.31. The van der Waals surface area contributed by atoms with E-state index in [1.54, 1.807) is 23.9 Å². The van der Waals surface area contributed by atoms with E-state index in [2.05, 4.69) is 20.4 Å². The number of anilines is 1. The summed E-state index contributed by atoms with van der Waals surface area (Å²) < 4.78 is 7.40. The van der Waals surface area contributed by atoms with E-state index in [9.17, 15) is 4.79 Å². The molecule has 0 radical (unpaired) electrons.